The Labute approximate surface area is 151 Å². The van der Waals surface area contributed by atoms with E-state index in [0.717, 1.165) is 11.0 Å². The standard InChI is InChI=1S/C16H21N3O6S/c1-11-4-6-13(7-5-11)8-9-26(23,24)18-10-14(20)25-12(2)15(21)19-16(22)17-3/h4-9,12,18H,10H2,1-3H3,(H2,17,19,21,22)/b9-8+/t12-/m1/s1. The van der Waals surface area contributed by atoms with Crippen LogP contribution in [0.1, 0.15) is 18.1 Å². The topological polar surface area (TPSA) is 131 Å². The first kappa shape index (κ1) is 21.3. The van der Waals surface area contributed by atoms with Crippen molar-refractivity contribution in [3.8, 4) is 0 Å². The van der Waals surface area contributed by atoms with Gasteiger partial charge in [-0.15, -0.1) is 0 Å². The van der Waals surface area contributed by atoms with Gasteiger partial charge >= 0.3 is 12.0 Å². The van der Waals surface area contributed by atoms with Crippen molar-refractivity contribution in [3.05, 3.63) is 40.8 Å². The van der Waals surface area contributed by atoms with Crippen molar-refractivity contribution < 1.29 is 27.5 Å². The van der Waals surface area contributed by atoms with E-state index in [1.165, 1.54) is 20.0 Å². The first-order chi connectivity index (χ1) is 12.1. The fourth-order valence-electron chi connectivity index (χ4n) is 1.62. The van der Waals surface area contributed by atoms with Gasteiger partial charge in [-0.3, -0.25) is 14.9 Å². The lowest BCUT2D eigenvalue weighted by Crippen LogP contribution is -2.44. The molecule has 1 aromatic rings. The normalized spacial score (nSPS) is 12.4. The number of hydrogen-bond acceptors (Lipinski definition) is 6. The van der Waals surface area contributed by atoms with Gasteiger partial charge in [0.1, 0.15) is 6.54 Å². The number of sulfonamides is 1. The number of urea groups is 1. The van der Waals surface area contributed by atoms with Gasteiger partial charge < -0.3 is 10.1 Å². The van der Waals surface area contributed by atoms with Gasteiger partial charge in [-0.05, 0) is 25.5 Å². The summed E-state index contributed by atoms with van der Waals surface area (Å²) in [5.41, 5.74) is 1.73. The lowest BCUT2D eigenvalue weighted by atomic mass is 10.2. The van der Waals surface area contributed by atoms with Gasteiger partial charge in [-0.25, -0.2) is 17.9 Å². The number of benzene rings is 1. The molecule has 0 heterocycles. The number of esters is 1. The van der Waals surface area contributed by atoms with Crippen molar-refractivity contribution in [2.45, 2.75) is 20.0 Å². The molecule has 0 unspecified atom stereocenters. The largest absolute Gasteiger partial charge is 0.452 e. The smallest absolute Gasteiger partial charge is 0.321 e. The Balaban J connectivity index is 2.50. The van der Waals surface area contributed by atoms with Crippen LogP contribution < -0.4 is 15.4 Å². The number of amides is 3. The van der Waals surface area contributed by atoms with Gasteiger partial charge in [0.15, 0.2) is 6.10 Å². The van der Waals surface area contributed by atoms with Crippen molar-refractivity contribution in [2.24, 2.45) is 0 Å². The van der Waals surface area contributed by atoms with Crippen LogP contribution in [-0.2, 0) is 24.3 Å². The molecule has 0 saturated carbocycles. The molecule has 0 radical (unpaired) electrons. The number of nitrogens with one attached hydrogen (secondary N) is 3. The van der Waals surface area contributed by atoms with Crippen molar-refractivity contribution >= 4 is 34.0 Å². The molecule has 0 spiro atoms. The zero-order chi connectivity index (χ0) is 19.7. The van der Waals surface area contributed by atoms with Crippen LogP contribution in [0.5, 0.6) is 0 Å². The number of aryl methyl sites for hydroxylation is 1. The first-order valence-corrected chi connectivity index (χ1v) is 9.14. The van der Waals surface area contributed by atoms with Gasteiger partial charge in [-0.1, -0.05) is 29.8 Å². The minimum absolute atomic E-state index is 0.655. The Kier molecular flexibility index (Phi) is 7.94. The second-order valence-corrected chi connectivity index (χ2v) is 6.93. The van der Waals surface area contributed by atoms with E-state index in [1.54, 1.807) is 12.1 Å². The van der Waals surface area contributed by atoms with Crippen LogP contribution in [0.15, 0.2) is 29.7 Å². The van der Waals surface area contributed by atoms with Crippen LogP contribution in [0.2, 0.25) is 0 Å². The van der Waals surface area contributed by atoms with Crippen LogP contribution >= 0.6 is 0 Å². The lowest BCUT2D eigenvalue weighted by molar-refractivity contribution is -0.153. The summed E-state index contributed by atoms with van der Waals surface area (Å²) in [6.45, 7) is 2.51. The highest BCUT2D eigenvalue weighted by atomic mass is 32.2. The van der Waals surface area contributed by atoms with Crippen LogP contribution in [0.25, 0.3) is 6.08 Å². The van der Waals surface area contributed by atoms with E-state index in [-0.39, 0.29) is 0 Å². The SMILES string of the molecule is CNC(=O)NC(=O)[C@@H](C)OC(=O)CNS(=O)(=O)/C=C/c1ccc(C)cc1. The summed E-state index contributed by atoms with van der Waals surface area (Å²) in [5.74, 6) is -1.79. The van der Waals surface area contributed by atoms with Crippen LogP contribution in [-0.4, -0.2) is 46.0 Å². The molecule has 0 aliphatic rings. The molecule has 0 saturated heterocycles. The molecule has 1 aromatic carbocycles. The van der Waals surface area contributed by atoms with E-state index in [0.29, 0.717) is 5.56 Å². The van der Waals surface area contributed by atoms with E-state index in [1.807, 2.05) is 29.1 Å². The van der Waals surface area contributed by atoms with Gasteiger partial charge in [0.2, 0.25) is 10.0 Å². The Morgan fingerprint density at radius 2 is 1.81 bits per heavy atom. The summed E-state index contributed by atoms with van der Waals surface area (Å²) in [4.78, 5) is 34.1. The molecule has 1 rings (SSSR count). The molecule has 0 bridgehead atoms. The molecular weight excluding hydrogens is 362 g/mol. The molecule has 0 aliphatic carbocycles. The van der Waals surface area contributed by atoms with E-state index in [9.17, 15) is 22.8 Å². The number of hydrogen-bond donors (Lipinski definition) is 3. The maximum Gasteiger partial charge on any atom is 0.321 e. The predicted octanol–water partition coefficient (Wildman–Crippen LogP) is 0.272. The molecule has 26 heavy (non-hydrogen) atoms. The average molecular weight is 383 g/mol. The number of carbonyl (C=O) groups is 3. The van der Waals surface area contributed by atoms with Crippen molar-refractivity contribution in [2.75, 3.05) is 13.6 Å². The summed E-state index contributed by atoms with van der Waals surface area (Å²) in [6, 6.07) is 6.43. The third-order valence-corrected chi connectivity index (χ3v) is 4.12. The van der Waals surface area contributed by atoms with Crippen LogP contribution in [0.4, 0.5) is 4.79 Å². The maximum absolute atomic E-state index is 11.8. The molecule has 0 aliphatic heterocycles. The minimum atomic E-state index is -3.86. The van der Waals surface area contributed by atoms with Crippen molar-refractivity contribution in [1.29, 1.82) is 0 Å². The number of ether oxygens (including phenoxy) is 1. The van der Waals surface area contributed by atoms with Crippen molar-refractivity contribution in [1.82, 2.24) is 15.4 Å². The zero-order valence-electron chi connectivity index (χ0n) is 14.6. The molecule has 0 aromatic heterocycles. The number of carbonyl (C=O) groups excluding carboxylic acids is 3. The Morgan fingerprint density at radius 3 is 2.38 bits per heavy atom. The highest BCUT2D eigenvalue weighted by Gasteiger charge is 2.20. The first-order valence-electron chi connectivity index (χ1n) is 7.59. The van der Waals surface area contributed by atoms with E-state index in [2.05, 4.69) is 5.32 Å². The van der Waals surface area contributed by atoms with Gasteiger partial charge in [0.25, 0.3) is 5.91 Å². The molecule has 9 nitrogen and oxygen atoms in total. The predicted molar refractivity (Wildman–Crippen MR) is 95.3 cm³/mol. The van der Waals surface area contributed by atoms with Gasteiger partial charge in [0.05, 0.1) is 0 Å². The van der Waals surface area contributed by atoms with Crippen molar-refractivity contribution in [3.63, 3.8) is 0 Å². The maximum atomic E-state index is 11.8. The molecule has 142 valence electrons. The fourth-order valence-corrected chi connectivity index (χ4v) is 2.37. The molecule has 3 amide bonds. The fraction of sp³-hybridized carbons (Fsp3) is 0.312. The van der Waals surface area contributed by atoms with E-state index < -0.39 is 40.6 Å². The quantitative estimate of drug-likeness (QED) is 0.580. The Bertz CT molecular complexity index is 787. The van der Waals surface area contributed by atoms with E-state index in [4.69, 9.17) is 4.74 Å². The average Bonchev–Trinajstić information content (AvgIpc) is 2.59. The summed E-state index contributed by atoms with van der Waals surface area (Å²) >= 11 is 0. The highest BCUT2D eigenvalue weighted by molar-refractivity contribution is 7.92. The third kappa shape index (κ3) is 7.90. The summed E-state index contributed by atoms with van der Waals surface area (Å²) in [5, 5.41) is 5.03. The zero-order valence-corrected chi connectivity index (χ0v) is 15.4. The highest BCUT2D eigenvalue weighted by Crippen LogP contribution is 2.06. The molecular formula is C16H21N3O6S. The molecule has 10 heteroatoms. The summed E-state index contributed by atoms with van der Waals surface area (Å²) < 4.78 is 30.5. The van der Waals surface area contributed by atoms with Gasteiger partial charge in [-0.2, -0.15) is 0 Å². The molecule has 1 atom stereocenters. The lowest BCUT2D eigenvalue weighted by Gasteiger charge is -2.12. The summed E-state index contributed by atoms with van der Waals surface area (Å²) in [7, 11) is -2.54. The Morgan fingerprint density at radius 1 is 1.19 bits per heavy atom. The second-order valence-electron chi connectivity index (χ2n) is 5.28. The van der Waals surface area contributed by atoms with Crippen LogP contribution in [0.3, 0.4) is 0 Å². The van der Waals surface area contributed by atoms with Crippen LogP contribution in [0, 0.1) is 6.92 Å². The number of rotatable bonds is 7. The second kappa shape index (κ2) is 9.68. The minimum Gasteiger partial charge on any atom is -0.452 e. The molecule has 3 N–H and O–H groups in total. The van der Waals surface area contributed by atoms with E-state index >= 15 is 0 Å². The third-order valence-electron chi connectivity index (χ3n) is 3.08. The van der Waals surface area contributed by atoms with Gasteiger partial charge in [0, 0.05) is 12.5 Å². The Hall–Kier alpha value is -2.72. The monoisotopic (exact) mass is 383 g/mol. The summed E-state index contributed by atoms with van der Waals surface area (Å²) in [6.07, 6.45) is 0.124. The number of imide groups is 1. The molecule has 0 fully saturated rings.